The minimum Gasteiger partial charge on any atom is -0.486 e. The number of nitrogens with one attached hydrogen (secondary N) is 1. The van der Waals surface area contributed by atoms with E-state index in [0.717, 1.165) is 48.4 Å². The van der Waals surface area contributed by atoms with Gasteiger partial charge in [-0.15, -0.1) is 0 Å². The molecule has 3 nitrogen and oxygen atoms in total. The molecule has 180 valence electrons. The van der Waals surface area contributed by atoms with E-state index in [-0.39, 0.29) is 6.10 Å². The number of nitrogens with two attached hydrogens (primary N) is 1. The third kappa shape index (κ3) is 6.30. The Morgan fingerprint density at radius 1 is 0.939 bits per heavy atom. The van der Waals surface area contributed by atoms with Crippen LogP contribution in [0.25, 0.3) is 0 Å². The van der Waals surface area contributed by atoms with Crippen molar-refractivity contribution in [3.63, 3.8) is 0 Å². The highest BCUT2D eigenvalue weighted by molar-refractivity contribution is 5.30. The maximum atomic E-state index is 12.6. The molecule has 1 atom stereocenters. The lowest BCUT2D eigenvalue weighted by Crippen LogP contribution is -2.55. The van der Waals surface area contributed by atoms with Crippen LogP contribution in [0, 0.1) is 17.8 Å². The molecule has 2 aromatic rings. The molecule has 3 N–H and O–H groups in total. The zero-order valence-electron chi connectivity index (χ0n) is 19.3. The zero-order valence-corrected chi connectivity index (χ0v) is 19.3. The van der Waals surface area contributed by atoms with Crippen LogP contribution in [0.1, 0.15) is 62.2 Å². The summed E-state index contributed by atoms with van der Waals surface area (Å²) in [6.07, 6.45) is 4.76. The fraction of sp³-hybridized carbons (Fsp3) is 0.556. The van der Waals surface area contributed by atoms with Gasteiger partial charge in [-0.3, -0.25) is 0 Å². The first kappa shape index (κ1) is 24.1. The Bertz CT molecular complexity index is 847. The van der Waals surface area contributed by atoms with Gasteiger partial charge in [0.2, 0.25) is 0 Å². The van der Waals surface area contributed by atoms with E-state index in [4.69, 9.17) is 10.5 Å². The Morgan fingerprint density at radius 3 is 1.94 bits per heavy atom. The van der Waals surface area contributed by atoms with Crippen LogP contribution < -0.4 is 15.8 Å². The predicted molar refractivity (Wildman–Crippen MR) is 125 cm³/mol. The van der Waals surface area contributed by atoms with E-state index in [1.54, 1.807) is 0 Å². The van der Waals surface area contributed by atoms with E-state index in [1.807, 2.05) is 37.4 Å². The Hall–Kier alpha value is -2.05. The van der Waals surface area contributed by atoms with Gasteiger partial charge in [0.25, 0.3) is 0 Å². The number of alkyl halides is 3. The summed E-state index contributed by atoms with van der Waals surface area (Å²) >= 11 is 0. The summed E-state index contributed by atoms with van der Waals surface area (Å²) in [6.45, 7) is 0.750. The van der Waals surface area contributed by atoms with Gasteiger partial charge in [0.05, 0.1) is 5.56 Å². The molecule has 4 aliphatic rings. The number of halogens is 3. The summed E-state index contributed by atoms with van der Waals surface area (Å²) in [6, 6.07) is 14.4. The van der Waals surface area contributed by atoms with Crippen molar-refractivity contribution in [2.45, 2.75) is 62.8 Å². The van der Waals surface area contributed by atoms with Crippen LogP contribution in [0.15, 0.2) is 54.6 Å². The van der Waals surface area contributed by atoms with Crippen LogP contribution in [0.4, 0.5) is 13.2 Å². The van der Waals surface area contributed by atoms with Gasteiger partial charge in [-0.05, 0) is 99.7 Å². The molecule has 0 spiro atoms. The molecule has 6 rings (SSSR count). The molecule has 0 aliphatic heterocycles. The van der Waals surface area contributed by atoms with Crippen LogP contribution >= 0.6 is 0 Å². The lowest BCUT2D eigenvalue weighted by Gasteiger charge is -2.55. The molecule has 2 aromatic carbocycles. The maximum Gasteiger partial charge on any atom is 0.416 e. The molecular formula is C27H35F3N2O. The molecule has 0 radical (unpaired) electrons. The van der Waals surface area contributed by atoms with Crippen LogP contribution in [0.2, 0.25) is 0 Å². The van der Waals surface area contributed by atoms with Crippen molar-refractivity contribution in [3.8, 4) is 5.75 Å². The minimum absolute atomic E-state index is 0.203. The average molecular weight is 461 g/mol. The van der Waals surface area contributed by atoms with E-state index in [1.165, 1.54) is 50.7 Å². The minimum atomic E-state index is -4.33. The molecule has 4 bridgehead atoms. The Balaban J connectivity index is 0.000000193. The summed E-state index contributed by atoms with van der Waals surface area (Å²) in [4.78, 5) is 0. The van der Waals surface area contributed by atoms with Crippen molar-refractivity contribution in [3.05, 3.63) is 65.7 Å². The highest BCUT2D eigenvalue weighted by atomic mass is 19.4. The van der Waals surface area contributed by atoms with Gasteiger partial charge >= 0.3 is 6.18 Å². The van der Waals surface area contributed by atoms with Gasteiger partial charge in [-0.1, -0.05) is 30.3 Å². The van der Waals surface area contributed by atoms with Crippen molar-refractivity contribution in [2.75, 3.05) is 13.6 Å². The molecule has 33 heavy (non-hydrogen) atoms. The topological polar surface area (TPSA) is 47.3 Å². The first-order chi connectivity index (χ1) is 15.7. The standard InChI is InChI=1S/C17H18F3NO.C10H17N/c1-21-12-11-16(13-5-3-2-4-6-13)22-15-9-7-14(8-10-15)17(18,19)20;11-10-4-7-1-8(5-10)3-9(2-7)6-10/h2-10,16,21H,11-12H2,1H3;7-9H,1-6,11H2. The summed E-state index contributed by atoms with van der Waals surface area (Å²) < 4.78 is 43.6. The van der Waals surface area contributed by atoms with E-state index in [2.05, 4.69) is 5.32 Å². The number of hydrogen-bond acceptors (Lipinski definition) is 3. The third-order valence-electron chi connectivity index (χ3n) is 7.37. The summed E-state index contributed by atoms with van der Waals surface area (Å²) in [7, 11) is 1.85. The van der Waals surface area contributed by atoms with Crippen LogP contribution in [0.5, 0.6) is 5.75 Å². The largest absolute Gasteiger partial charge is 0.486 e. The predicted octanol–water partition coefficient (Wildman–Crippen LogP) is 6.35. The van der Waals surface area contributed by atoms with E-state index in [0.29, 0.717) is 11.3 Å². The van der Waals surface area contributed by atoms with Gasteiger partial charge in [-0.25, -0.2) is 0 Å². The average Bonchev–Trinajstić information content (AvgIpc) is 2.76. The molecule has 6 heteroatoms. The monoisotopic (exact) mass is 460 g/mol. The molecule has 4 saturated carbocycles. The molecule has 0 heterocycles. The first-order valence-electron chi connectivity index (χ1n) is 12.1. The lowest BCUT2D eigenvalue weighted by molar-refractivity contribution is -0.137. The molecular weight excluding hydrogens is 425 g/mol. The van der Waals surface area contributed by atoms with Crippen molar-refractivity contribution in [2.24, 2.45) is 23.5 Å². The quantitative estimate of drug-likeness (QED) is 0.528. The second-order valence-electron chi connectivity index (χ2n) is 10.2. The van der Waals surface area contributed by atoms with Crippen molar-refractivity contribution in [1.82, 2.24) is 5.32 Å². The Kier molecular flexibility index (Phi) is 7.34. The highest BCUT2D eigenvalue weighted by Crippen LogP contribution is 2.54. The van der Waals surface area contributed by atoms with Gasteiger partial charge < -0.3 is 15.8 Å². The Labute approximate surface area is 194 Å². The third-order valence-corrected chi connectivity index (χ3v) is 7.37. The molecule has 0 amide bonds. The summed E-state index contributed by atoms with van der Waals surface area (Å²) in [5.74, 6) is 3.49. The summed E-state index contributed by atoms with van der Waals surface area (Å²) in [5, 5.41) is 3.05. The zero-order chi connectivity index (χ0) is 23.5. The highest BCUT2D eigenvalue weighted by Gasteiger charge is 2.48. The smallest absolute Gasteiger partial charge is 0.416 e. The molecule has 4 aliphatic carbocycles. The maximum absolute atomic E-state index is 12.6. The molecule has 4 fully saturated rings. The normalized spacial score (nSPS) is 28.7. The number of rotatable bonds is 6. The van der Waals surface area contributed by atoms with Gasteiger partial charge in [0, 0.05) is 12.0 Å². The van der Waals surface area contributed by atoms with Crippen LogP contribution in [0.3, 0.4) is 0 Å². The number of benzene rings is 2. The number of ether oxygens (including phenoxy) is 1. The Morgan fingerprint density at radius 2 is 1.48 bits per heavy atom. The van der Waals surface area contributed by atoms with Crippen LogP contribution in [-0.2, 0) is 6.18 Å². The van der Waals surface area contributed by atoms with Crippen molar-refractivity contribution in [1.29, 1.82) is 0 Å². The van der Waals surface area contributed by atoms with E-state index in [9.17, 15) is 13.2 Å². The lowest BCUT2D eigenvalue weighted by atomic mass is 9.53. The van der Waals surface area contributed by atoms with E-state index < -0.39 is 11.7 Å². The van der Waals surface area contributed by atoms with Crippen LogP contribution in [-0.4, -0.2) is 19.1 Å². The fourth-order valence-electron chi connectivity index (χ4n) is 6.30. The first-order valence-corrected chi connectivity index (χ1v) is 12.1. The SMILES string of the molecule is CNCCC(Oc1ccc(C(F)(F)F)cc1)c1ccccc1.NC12CC3CC(CC(C3)C1)C2. The molecule has 1 unspecified atom stereocenters. The van der Waals surface area contributed by atoms with Crippen molar-refractivity contribution >= 4 is 0 Å². The second kappa shape index (κ2) is 10.1. The summed E-state index contributed by atoms with van der Waals surface area (Å²) in [5.41, 5.74) is 6.94. The van der Waals surface area contributed by atoms with Gasteiger partial charge in [-0.2, -0.15) is 13.2 Å². The molecule has 0 saturated heterocycles. The second-order valence-corrected chi connectivity index (χ2v) is 10.2. The fourth-order valence-corrected chi connectivity index (χ4v) is 6.30. The van der Waals surface area contributed by atoms with Crippen molar-refractivity contribution < 1.29 is 17.9 Å². The van der Waals surface area contributed by atoms with Gasteiger partial charge in [0.15, 0.2) is 0 Å². The number of hydrogen-bond donors (Lipinski definition) is 2. The van der Waals surface area contributed by atoms with E-state index >= 15 is 0 Å². The van der Waals surface area contributed by atoms with Gasteiger partial charge in [0.1, 0.15) is 11.9 Å². The molecule has 0 aromatic heterocycles.